The Balaban J connectivity index is 1.89. The predicted molar refractivity (Wildman–Crippen MR) is 85.4 cm³/mol. The summed E-state index contributed by atoms with van der Waals surface area (Å²) in [5, 5.41) is 4.20. The summed E-state index contributed by atoms with van der Waals surface area (Å²) >= 11 is 0. The number of likely N-dealkylation sites (N-methyl/N-ethyl adjacent to an activating group) is 1. The van der Waals surface area contributed by atoms with Gasteiger partial charge in [0.2, 0.25) is 5.91 Å². The van der Waals surface area contributed by atoms with Gasteiger partial charge in [-0.2, -0.15) is 4.98 Å². The summed E-state index contributed by atoms with van der Waals surface area (Å²) in [5.74, 6) is 0.870. The zero-order valence-electron chi connectivity index (χ0n) is 13.8. The Bertz CT molecular complexity index is 924. The highest BCUT2D eigenvalue weighted by molar-refractivity contribution is 5.78. The van der Waals surface area contributed by atoms with Gasteiger partial charge in [-0.25, -0.2) is 0 Å². The molecule has 0 aliphatic carbocycles. The monoisotopic (exact) mass is 330 g/mol. The third kappa shape index (κ3) is 2.82. The third-order valence-electron chi connectivity index (χ3n) is 3.88. The van der Waals surface area contributed by atoms with Crippen molar-refractivity contribution in [2.24, 2.45) is 0 Å². The number of carbonyl (C=O) groups excluding carboxylic acids is 1. The summed E-state index contributed by atoms with van der Waals surface area (Å²) in [7, 11) is 1.66. The smallest absolute Gasteiger partial charge is 0.267 e. The first-order valence-electron chi connectivity index (χ1n) is 7.63. The summed E-state index contributed by atoms with van der Waals surface area (Å²) in [5.41, 5.74) is 0.449. The maximum Gasteiger partial charge on any atom is 0.267 e. The van der Waals surface area contributed by atoms with Crippen molar-refractivity contribution in [1.82, 2.24) is 19.6 Å². The van der Waals surface area contributed by atoms with Crippen molar-refractivity contribution in [3.63, 3.8) is 0 Å². The van der Waals surface area contributed by atoms with Crippen LogP contribution in [-0.2, 0) is 24.3 Å². The van der Waals surface area contributed by atoms with E-state index < -0.39 is 0 Å². The van der Waals surface area contributed by atoms with Crippen molar-refractivity contribution in [1.29, 1.82) is 0 Å². The van der Waals surface area contributed by atoms with Crippen LogP contribution in [0.15, 0.2) is 32.1 Å². The molecule has 24 heavy (non-hydrogen) atoms. The molecule has 0 fully saturated rings. The average molecular weight is 330 g/mol. The number of nitrogens with zero attached hydrogens (tertiary/aromatic N) is 4. The molecule has 3 rings (SSSR count). The van der Waals surface area contributed by atoms with Gasteiger partial charge < -0.3 is 13.8 Å². The van der Waals surface area contributed by atoms with E-state index >= 15 is 0 Å². The fourth-order valence-corrected chi connectivity index (χ4v) is 2.50. The van der Waals surface area contributed by atoms with E-state index in [1.165, 1.54) is 9.47 Å². The molecule has 0 saturated heterocycles. The first-order valence-corrected chi connectivity index (χ1v) is 7.63. The van der Waals surface area contributed by atoms with E-state index in [0.717, 1.165) is 0 Å². The number of hydrogen-bond donors (Lipinski definition) is 0. The predicted octanol–water partition coefficient (Wildman–Crippen LogP) is 1.51. The molecule has 0 unspecified atom stereocenters. The summed E-state index contributed by atoms with van der Waals surface area (Å²) in [4.78, 5) is 30.9. The zero-order valence-corrected chi connectivity index (χ0v) is 13.8. The van der Waals surface area contributed by atoms with Crippen LogP contribution in [-0.4, -0.2) is 32.6 Å². The number of aromatic nitrogens is 3. The van der Waals surface area contributed by atoms with Crippen molar-refractivity contribution < 1.29 is 13.7 Å². The van der Waals surface area contributed by atoms with Crippen LogP contribution < -0.4 is 5.56 Å². The first-order chi connectivity index (χ1) is 11.5. The van der Waals surface area contributed by atoms with Gasteiger partial charge in [-0.1, -0.05) is 12.1 Å². The second-order valence-electron chi connectivity index (χ2n) is 5.54. The number of rotatable bonds is 5. The lowest BCUT2D eigenvalue weighted by molar-refractivity contribution is -0.131. The van der Waals surface area contributed by atoms with Gasteiger partial charge in [-0.3, -0.25) is 14.2 Å². The Labute approximate surface area is 137 Å². The fourth-order valence-electron chi connectivity index (χ4n) is 2.50. The van der Waals surface area contributed by atoms with Crippen molar-refractivity contribution in [3.8, 4) is 0 Å². The molecular weight excluding hydrogens is 312 g/mol. The maximum atomic E-state index is 12.7. The van der Waals surface area contributed by atoms with Gasteiger partial charge in [0.25, 0.3) is 11.3 Å². The summed E-state index contributed by atoms with van der Waals surface area (Å²) in [6.45, 7) is 3.78. The Morgan fingerprint density at radius 3 is 2.88 bits per heavy atom. The van der Waals surface area contributed by atoms with Crippen LogP contribution in [0.1, 0.15) is 24.2 Å². The Hall–Kier alpha value is -2.90. The highest BCUT2D eigenvalue weighted by Crippen LogP contribution is 2.13. The summed E-state index contributed by atoms with van der Waals surface area (Å²) in [6, 6.07) is 3.55. The van der Waals surface area contributed by atoms with Crippen LogP contribution >= 0.6 is 0 Å². The molecule has 126 valence electrons. The molecule has 0 radical (unpaired) electrons. The van der Waals surface area contributed by atoms with E-state index in [0.29, 0.717) is 35.6 Å². The number of furan rings is 1. The van der Waals surface area contributed by atoms with Crippen LogP contribution in [0, 0.1) is 6.92 Å². The first kappa shape index (κ1) is 16.0. The number of fused-ring (bicyclic) bond motifs is 1. The minimum absolute atomic E-state index is 0.0981. The molecule has 0 aliphatic heterocycles. The number of amides is 1. The number of carbonyl (C=O) groups is 1. The third-order valence-corrected chi connectivity index (χ3v) is 3.88. The molecule has 0 saturated carbocycles. The van der Waals surface area contributed by atoms with Crippen molar-refractivity contribution in [2.45, 2.75) is 33.4 Å². The minimum Gasteiger partial charge on any atom is -0.467 e. The normalized spacial score (nSPS) is 11.1. The Morgan fingerprint density at radius 2 is 2.21 bits per heavy atom. The van der Waals surface area contributed by atoms with Crippen LogP contribution in [0.5, 0.6) is 0 Å². The SMILES string of the molecule is CCc1noc2nc(C)n(CC(=O)N(C)Cc3ccco3)c(=O)c12. The molecule has 1 amide bonds. The van der Waals surface area contributed by atoms with E-state index in [-0.39, 0.29) is 23.7 Å². The van der Waals surface area contributed by atoms with Crippen LogP contribution in [0.2, 0.25) is 0 Å². The van der Waals surface area contributed by atoms with Crippen LogP contribution in [0.4, 0.5) is 0 Å². The molecule has 0 aromatic carbocycles. The molecular formula is C16H18N4O4. The molecule has 3 aromatic rings. The van der Waals surface area contributed by atoms with Gasteiger partial charge in [-0.15, -0.1) is 0 Å². The second-order valence-corrected chi connectivity index (χ2v) is 5.54. The van der Waals surface area contributed by atoms with Crippen molar-refractivity contribution in [2.75, 3.05) is 7.05 Å². The lowest BCUT2D eigenvalue weighted by atomic mass is 10.2. The Kier molecular flexibility index (Phi) is 4.20. The van der Waals surface area contributed by atoms with E-state index in [4.69, 9.17) is 8.94 Å². The maximum absolute atomic E-state index is 12.7. The molecule has 0 atom stereocenters. The molecule has 8 heteroatoms. The van der Waals surface area contributed by atoms with Crippen molar-refractivity contribution in [3.05, 3.63) is 46.0 Å². The standard InChI is InChI=1S/C16H18N4O4/c1-4-12-14-15(24-18-12)17-10(2)20(16(14)22)9-13(21)19(3)8-11-6-5-7-23-11/h5-7H,4,8-9H2,1-3H3. The largest absolute Gasteiger partial charge is 0.467 e. The molecule has 0 bridgehead atoms. The minimum atomic E-state index is -0.310. The average Bonchev–Trinajstić information content (AvgIpc) is 3.20. The summed E-state index contributed by atoms with van der Waals surface area (Å²) in [6.07, 6.45) is 2.11. The van der Waals surface area contributed by atoms with Gasteiger partial charge >= 0.3 is 0 Å². The van der Waals surface area contributed by atoms with Crippen LogP contribution in [0.25, 0.3) is 11.1 Å². The van der Waals surface area contributed by atoms with E-state index in [9.17, 15) is 9.59 Å². The molecule has 3 aromatic heterocycles. The second kappa shape index (κ2) is 6.31. The van der Waals surface area contributed by atoms with Gasteiger partial charge in [0, 0.05) is 7.05 Å². The fraction of sp³-hybridized carbons (Fsp3) is 0.375. The van der Waals surface area contributed by atoms with Gasteiger partial charge in [0.1, 0.15) is 23.5 Å². The van der Waals surface area contributed by atoms with Crippen molar-refractivity contribution >= 4 is 17.0 Å². The molecule has 0 aliphatic rings. The van der Waals surface area contributed by atoms with E-state index in [2.05, 4.69) is 10.1 Å². The van der Waals surface area contributed by atoms with E-state index in [1.54, 1.807) is 32.4 Å². The lowest BCUT2D eigenvalue weighted by Crippen LogP contribution is -2.35. The molecule has 3 heterocycles. The lowest BCUT2D eigenvalue weighted by Gasteiger charge is -2.17. The number of hydrogen-bond acceptors (Lipinski definition) is 6. The van der Waals surface area contributed by atoms with Crippen LogP contribution in [0.3, 0.4) is 0 Å². The highest BCUT2D eigenvalue weighted by atomic mass is 16.5. The topological polar surface area (TPSA) is 94.4 Å². The number of aryl methyl sites for hydroxylation is 2. The summed E-state index contributed by atoms with van der Waals surface area (Å²) < 4.78 is 11.7. The molecule has 0 N–H and O–H groups in total. The Morgan fingerprint density at radius 1 is 1.42 bits per heavy atom. The van der Waals surface area contributed by atoms with Gasteiger partial charge in [0.05, 0.1) is 18.5 Å². The highest BCUT2D eigenvalue weighted by Gasteiger charge is 2.19. The van der Waals surface area contributed by atoms with E-state index in [1.807, 2.05) is 6.92 Å². The molecule has 0 spiro atoms. The molecule has 8 nitrogen and oxygen atoms in total. The zero-order chi connectivity index (χ0) is 17.3. The van der Waals surface area contributed by atoms with Gasteiger partial charge in [-0.05, 0) is 25.5 Å². The quantitative estimate of drug-likeness (QED) is 0.704. The van der Waals surface area contributed by atoms with Gasteiger partial charge in [0.15, 0.2) is 0 Å².